The Hall–Kier alpha value is -2.01. The summed E-state index contributed by atoms with van der Waals surface area (Å²) in [5.74, 6) is 0. The molecule has 6 heteroatoms. The van der Waals surface area contributed by atoms with Gasteiger partial charge in [-0.1, -0.05) is 29.3 Å². The van der Waals surface area contributed by atoms with E-state index in [-0.39, 0.29) is 11.4 Å². The average molecular weight is 265 g/mol. The maximum atomic E-state index is 8.73. The molecule has 0 bridgehead atoms. The summed E-state index contributed by atoms with van der Waals surface area (Å²) in [5.41, 5.74) is 5.32. The molecular weight excluding hydrogens is 259 g/mol. The fourth-order valence-electron chi connectivity index (χ4n) is 0.975. The van der Waals surface area contributed by atoms with Crippen LogP contribution in [0.5, 0.6) is 0 Å². The molecule has 1 aromatic carbocycles. The van der Waals surface area contributed by atoms with E-state index in [0.29, 0.717) is 15.6 Å². The number of nitrogens with two attached hydrogens (primary N) is 1. The van der Waals surface area contributed by atoms with E-state index >= 15 is 0 Å². The Kier molecular flexibility index (Phi) is 4.54. The van der Waals surface area contributed by atoms with Crippen molar-refractivity contribution in [1.82, 2.24) is 0 Å². The topological polar surface area (TPSA) is 86.0 Å². The van der Waals surface area contributed by atoms with E-state index in [2.05, 4.69) is 4.99 Å². The van der Waals surface area contributed by atoms with Gasteiger partial charge in [0.25, 0.3) is 0 Å². The fraction of sp³-hybridized carbons (Fsp3) is 0. The van der Waals surface area contributed by atoms with E-state index < -0.39 is 0 Å². The Morgan fingerprint density at radius 3 is 2.29 bits per heavy atom. The van der Waals surface area contributed by atoms with Crippen LogP contribution in [0.25, 0.3) is 0 Å². The summed E-state index contributed by atoms with van der Waals surface area (Å²) >= 11 is 11.8. The Morgan fingerprint density at radius 2 is 1.82 bits per heavy atom. The van der Waals surface area contributed by atoms with Gasteiger partial charge in [-0.2, -0.15) is 10.5 Å². The van der Waals surface area contributed by atoms with Gasteiger partial charge in [0.05, 0.1) is 10.0 Å². The zero-order chi connectivity index (χ0) is 12.8. The number of benzene rings is 1. The summed E-state index contributed by atoms with van der Waals surface area (Å²) in [5, 5.41) is 18.1. The number of nitrogens with zero attached hydrogens (tertiary/aromatic N) is 3. The van der Waals surface area contributed by atoms with Gasteiger partial charge in [0.1, 0.15) is 17.8 Å². The highest BCUT2D eigenvalue weighted by molar-refractivity contribution is 6.38. The Morgan fingerprint density at radius 1 is 1.24 bits per heavy atom. The molecule has 0 radical (unpaired) electrons. The molecule has 0 heterocycles. The maximum Gasteiger partial charge on any atom is 0.174 e. The monoisotopic (exact) mass is 264 g/mol. The van der Waals surface area contributed by atoms with Gasteiger partial charge in [-0.05, 0) is 12.1 Å². The van der Waals surface area contributed by atoms with Gasteiger partial charge < -0.3 is 5.73 Å². The SMILES string of the molecule is N#C/C(N)=C(\C#N)N=Cc1c(Cl)cccc1Cl. The minimum atomic E-state index is -0.257. The molecular formula is C11H6Cl2N4. The average Bonchev–Trinajstić information content (AvgIpc) is 2.32. The molecule has 0 unspecified atom stereocenters. The third-order valence-corrected chi connectivity index (χ3v) is 2.46. The lowest BCUT2D eigenvalue weighted by Gasteiger charge is -1.99. The van der Waals surface area contributed by atoms with Gasteiger partial charge in [0, 0.05) is 11.8 Å². The third-order valence-electron chi connectivity index (χ3n) is 1.80. The zero-order valence-corrected chi connectivity index (χ0v) is 10.00. The second kappa shape index (κ2) is 5.91. The number of allylic oxidation sites excluding steroid dienone is 2. The van der Waals surface area contributed by atoms with Crippen molar-refractivity contribution >= 4 is 29.4 Å². The summed E-state index contributed by atoms with van der Waals surface area (Å²) in [6.45, 7) is 0. The molecule has 0 spiro atoms. The lowest BCUT2D eigenvalue weighted by atomic mass is 10.2. The first-order valence-corrected chi connectivity index (χ1v) is 5.13. The van der Waals surface area contributed by atoms with Crippen molar-refractivity contribution in [3.63, 3.8) is 0 Å². The van der Waals surface area contributed by atoms with Crippen molar-refractivity contribution in [3.05, 3.63) is 45.2 Å². The molecule has 2 N–H and O–H groups in total. The molecule has 0 fully saturated rings. The lowest BCUT2D eigenvalue weighted by Crippen LogP contribution is -1.97. The molecule has 84 valence electrons. The van der Waals surface area contributed by atoms with Crippen LogP contribution in [-0.2, 0) is 0 Å². The van der Waals surface area contributed by atoms with E-state index in [1.54, 1.807) is 30.3 Å². The van der Waals surface area contributed by atoms with Gasteiger partial charge >= 0.3 is 0 Å². The molecule has 17 heavy (non-hydrogen) atoms. The minimum absolute atomic E-state index is 0.177. The van der Waals surface area contributed by atoms with Gasteiger partial charge in [-0.15, -0.1) is 0 Å². The van der Waals surface area contributed by atoms with Crippen molar-refractivity contribution < 1.29 is 0 Å². The quantitative estimate of drug-likeness (QED) is 0.658. The van der Waals surface area contributed by atoms with Crippen LogP contribution < -0.4 is 5.73 Å². The minimum Gasteiger partial charge on any atom is -0.388 e. The van der Waals surface area contributed by atoms with Crippen molar-refractivity contribution in [2.24, 2.45) is 10.7 Å². The van der Waals surface area contributed by atoms with Crippen LogP contribution in [0.2, 0.25) is 10.0 Å². The van der Waals surface area contributed by atoms with Gasteiger partial charge in [-0.25, -0.2) is 4.99 Å². The predicted octanol–water partition coefficient (Wildman–Crippen LogP) is 2.63. The van der Waals surface area contributed by atoms with Crippen LogP contribution >= 0.6 is 23.2 Å². The molecule has 0 amide bonds. The van der Waals surface area contributed by atoms with Crippen LogP contribution in [-0.4, -0.2) is 6.21 Å². The molecule has 0 aliphatic rings. The Bertz CT molecular complexity index is 556. The van der Waals surface area contributed by atoms with Crippen molar-refractivity contribution in [2.75, 3.05) is 0 Å². The van der Waals surface area contributed by atoms with Gasteiger partial charge in [0.2, 0.25) is 0 Å². The maximum absolute atomic E-state index is 8.73. The molecule has 1 rings (SSSR count). The third kappa shape index (κ3) is 3.22. The van der Waals surface area contributed by atoms with Gasteiger partial charge in [0.15, 0.2) is 5.70 Å². The molecule has 0 atom stereocenters. The van der Waals surface area contributed by atoms with Crippen LogP contribution in [0, 0.1) is 22.7 Å². The normalized spacial score (nSPS) is 11.8. The first-order chi connectivity index (χ1) is 8.10. The summed E-state index contributed by atoms with van der Waals surface area (Å²) in [6, 6.07) is 8.31. The molecule has 0 saturated heterocycles. The lowest BCUT2D eigenvalue weighted by molar-refractivity contribution is 1.27. The fourth-order valence-corrected chi connectivity index (χ4v) is 1.47. The smallest absolute Gasteiger partial charge is 0.174 e. The van der Waals surface area contributed by atoms with E-state index in [0.717, 1.165) is 0 Å². The second-order valence-electron chi connectivity index (χ2n) is 2.88. The molecule has 0 aliphatic carbocycles. The predicted molar refractivity (Wildman–Crippen MR) is 66.5 cm³/mol. The van der Waals surface area contributed by atoms with E-state index in [9.17, 15) is 0 Å². The summed E-state index contributed by atoms with van der Waals surface area (Å²) in [6.07, 6.45) is 1.30. The molecule has 0 aromatic heterocycles. The van der Waals surface area contributed by atoms with Crippen LogP contribution in [0.4, 0.5) is 0 Å². The molecule has 4 nitrogen and oxygen atoms in total. The Balaban J connectivity index is 3.17. The summed E-state index contributed by atoms with van der Waals surface area (Å²) < 4.78 is 0. The van der Waals surface area contributed by atoms with Crippen molar-refractivity contribution in [2.45, 2.75) is 0 Å². The van der Waals surface area contributed by atoms with Crippen LogP contribution in [0.1, 0.15) is 5.56 Å². The molecule has 0 saturated carbocycles. The van der Waals surface area contributed by atoms with Gasteiger partial charge in [-0.3, -0.25) is 0 Å². The number of halogens is 2. The number of hydrogen-bond acceptors (Lipinski definition) is 4. The van der Waals surface area contributed by atoms with Crippen LogP contribution in [0.15, 0.2) is 34.6 Å². The van der Waals surface area contributed by atoms with E-state index in [4.69, 9.17) is 39.5 Å². The highest BCUT2D eigenvalue weighted by Gasteiger charge is 2.04. The van der Waals surface area contributed by atoms with Crippen molar-refractivity contribution in [1.29, 1.82) is 10.5 Å². The highest BCUT2D eigenvalue weighted by atomic mass is 35.5. The standard InChI is InChI=1S/C11H6Cl2N4/c12-8-2-1-3-9(13)7(8)6-17-11(5-15)10(16)4-14/h1-3,6H,16H2/b11-10-,17-6?. The summed E-state index contributed by atoms with van der Waals surface area (Å²) in [4.78, 5) is 3.78. The molecule has 0 aliphatic heterocycles. The first-order valence-electron chi connectivity index (χ1n) is 4.38. The Labute approximate surface area is 108 Å². The second-order valence-corrected chi connectivity index (χ2v) is 3.69. The zero-order valence-electron chi connectivity index (χ0n) is 8.48. The van der Waals surface area contributed by atoms with E-state index in [1.165, 1.54) is 6.21 Å². The highest BCUT2D eigenvalue weighted by Crippen LogP contribution is 2.22. The number of hydrogen-bond donors (Lipinski definition) is 1. The van der Waals surface area contributed by atoms with Crippen molar-refractivity contribution in [3.8, 4) is 12.1 Å². The van der Waals surface area contributed by atoms with E-state index in [1.807, 2.05) is 0 Å². The number of aliphatic imine (C=N–C) groups is 1. The van der Waals surface area contributed by atoms with Crippen LogP contribution in [0.3, 0.4) is 0 Å². The number of rotatable bonds is 2. The number of nitriles is 2. The largest absolute Gasteiger partial charge is 0.388 e. The molecule has 1 aromatic rings. The summed E-state index contributed by atoms with van der Waals surface area (Å²) in [7, 11) is 0. The first kappa shape index (κ1) is 13.1.